The summed E-state index contributed by atoms with van der Waals surface area (Å²) in [6, 6.07) is 0.254. The third-order valence-corrected chi connectivity index (χ3v) is 4.39. The van der Waals surface area contributed by atoms with Crippen LogP contribution in [0.25, 0.3) is 0 Å². The molecule has 0 atom stereocenters. The molecule has 0 aromatic heterocycles. The van der Waals surface area contributed by atoms with Crippen LogP contribution in [0.4, 0.5) is 4.79 Å². The summed E-state index contributed by atoms with van der Waals surface area (Å²) in [5.41, 5.74) is 0. The second-order valence-corrected chi connectivity index (χ2v) is 5.98. The summed E-state index contributed by atoms with van der Waals surface area (Å²) < 4.78 is 0. The van der Waals surface area contributed by atoms with Crippen LogP contribution in [-0.4, -0.2) is 42.5 Å². The van der Waals surface area contributed by atoms with E-state index in [1.165, 1.54) is 38.5 Å². The van der Waals surface area contributed by atoms with Gasteiger partial charge in [-0.3, -0.25) is 0 Å². The molecular weight excluding hydrogens is 212 g/mol. The van der Waals surface area contributed by atoms with Gasteiger partial charge < -0.3 is 9.80 Å². The van der Waals surface area contributed by atoms with Crippen molar-refractivity contribution >= 4 is 6.03 Å². The fraction of sp³-hybridized carbons (Fsp3) is 0.929. The Labute approximate surface area is 105 Å². The molecule has 17 heavy (non-hydrogen) atoms. The van der Waals surface area contributed by atoms with E-state index in [0.717, 1.165) is 31.5 Å². The molecule has 0 radical (unpaired) electrons. The number of urea groups is 1. The van der Waals surface area contributed by atoms with Crippen molar-refractivity contribution in [3.63, 3.8) is 0 Å². The molecule has 2 amide bonds. The van der Waals surface area contributed by atoms with Crippen molar-refractivity contribution in [3.05, 3.63) is 0 Å². The zero-order chi connectivity index (χ0) is 12.3. The predicted molar refractivity (Wildman–Crippen MR) is 70.0 cm³/mol. The summed E-state index contributed by atoms with van der Waals surface area (Å²) in [7, 11) is 1.97. The first kappa shape index (κ1) is 12.7. The summed E-state index contributed by atoms with van der Waals surface area (Å²) in [5.74, 6) is 1.55. The van der Waals surface area contributed by atoms with E-state index in [1.807, 2.05) is 16.8 Å². The zero-order valence-corrected chi connectivity index (χ0v) is 11.3. The van der Waals surface area contributed by atoms with Crippen molar-refractivity contribution in [2.75, 3.05) is 26.7 Å². The van der Waals surface area contributed by atoms with E-state index in [4.69, 9.17) is 0 Å². The van der Waals surface area contributed by atoms with Crippen LogP contribution in [0.3, 0.4) is 0 Å². The largest absolute Gasteiger partial charge is 0.327 e. The molecule has 2 rings (SSSR count). The summed E-state index contributed by atoms with van der Waals surface area (Å²) in [5, 5.41) is 0. The fourth-order valence-corrected chi connectivity index (χ4v) is 3.10. The number of nitrogens with zero attached hydrogens (tertiary/aromatic N) is 2. The molecule has 1 aliphatic carbocycles. The van der Waals surface area contributed by atoms with Crippen LogP contribution in [0.2, 0.25) is 0 Å². The van der Waals surface area contributed by atoms with Gasteiger partial charge in [0.25, 0.3) is 0 Å². The van der Waals surface area contributed by atoms with Crippen molar-refractivity contribution in [1.82, 2.24) is 9.80 Å². The van der Waals surface area contributed by atoms with Gasteiger partial charge in [-0.25, -0.2) is 4.79 Å². The van der Waals surface area contributed by atoms with E-state index < -0.39 is 0 Å². The van der Waals surface area contributed by atoms with Gasteiger partial charge in [-0.15, -0.1) is 0 Å². The molecular formula is C14H26N2O. The molecule has 2 fully saturated rings. The number of piperidine rings is 1. The van der Waals surface area contributed by atoms with Gasteiger partial charge in [0.2, 0.25) is 0 Å². The van der Waals surface area contributed by atoms with Crippen LogP contribution in [0.15, 0.2) is 0 Å². The van der Waals surface area contributed by atoms with Crippen molar-refractivity contribution in [3.8, 4) is 0 Å². The van der Waals surface area contributed by atoms with Gasteiger partial charge in [0.15, 0.2) is 0 Å². The molecule has 0 unspecified atom stereocenters. The first-order valence-electron chi connectivity index (χ1n) is 7.17. The number of hydrogen-bond donors (Lipinski definition) is 0. The molecule has 98 valence electrons. The highest BCUT2D eigenvalue weighted by molar-refractivity contribution is 5.74. The minimum absolute atomic E-state index is 0.254. The second kappa shape index (κ2) is 5.74. The Morgan fingerprint density at radius 1 is 1.18 bits per heavy atom. The summed E-state index contributed by atoms with van der Waals surface area (Å²) in [4.78, 5) is 16.2. The number of carbonyl (C=O) groups is 1. The predicted octanol–water partition coefficient (Wildman–Crippen LogP) is 2.96. The van der Waals surface area contributed by atoms with E-state index in [9.17, 15) is 4.79 Å². The van der Waals surface area contributed by atoms with Crippen molar-refractivity contribution < 1.29 is 4.79 Å². The van der Waals surface area contributed by atoms with Gasteiger partial charge in [-0.05, 0) is 37.5 Å². The molecule has 0 bridgehead atoms. The highest BCUT2D eigenvalue weighted by Gasteiger charge is 2.25. The first-order valence-corrected chi connectivity index (χ1v) is 7.17. The van der Waals surface area contributed by atoms with Gasteiger partial charge in [0.1, 0.15) is 0 Å². The van der Waals surface area contributed by atoms with E-state index in [2.05, 4.69) is 6.92 Å². The zero-order valence-electron chi connectivity index (χ0n) is 11.3. The van der Waals surface area contributed by atoms with E-state index in [-0.39, 0.29) is 6.03 Å². The number of rotatable bonds is 2. The Balaban J connectivity index is 1.77. The smallest absolute Gasteiger partial charge is 0.319 e. The second-order valence-electron chi connectivity index (χ2n) is 5.98. The maximum Gasteiger partial charge on any atom is 0.319 e. The van der Waals surface area contributed by atoms with Crippen LogP contribution in [0, 0.1) is 11.8 Å². The quantitative estimate of drug-likeness (QED) is 0.725. The minimum atomic E-state index is 0.254. The third-order valence-electron chi connectivity index (χ3n) is 4.39. The van der Waals surface area contributed by atoms with Gasteiger partial charge >= 0.3 is 6.03 Å². The topological polar surface area (TPSA) is 23.6 Å². The van der Waals surface area contributed by atoms with Crippen molar-refractivity contribution in [2.45, 2.75) is 45.4 Å². The number of hydrogen-bond acceptors (Lipinski definition) is 1. The lowest BCUT2D eigenvalue weighted by molar-refractivity contribution is 0.138. The molecule has 1 heterocycles. The number of amides is 2. The average Bonchev–Trinajstić information content (AvgIpc) is 2.82. The average molecular weight is 238 g/mol. The number of carbonyl (C=O) groups excluding carboxylic acids is 1. The van der Waals surface area contributed by atoms with Crippen molar-refractivity contribution in [2.24, 2.45) is 11.8 Å². The fourth-order valence-electron chi connectivity index (χ4n) is 3.10. The van der Waals surface area contributed by atoms with Crippen LogP contribution in [-0.2, 0) is 0 Å². The van der Waals surface area contributed by atoms with E-state index in [1.54, 1.807) is 0 Å². The Kier molecular flexibility index (Phi) is 4.30. The molecule has 2 aliphatic rings. The van der Waals surface area contributed by atoms with Crippen LogP contribution < -0.4 is 0 Å². The Morgan fingerprint density at radius 2 is 1.76 bits per heavy atom. The van der Waals surface area contributed by atoms with Crippen molar-refractivity contribution in [1.29, 1.82) is 0 Å². The molecule has 0 aromatic rings. The molecule has 1 saturated heterocycles. The molecule has 0 spiro atoms. The standard InChI is InChI=1S/C14H26N2O/c1-12-7-9-16(10-8-12)14(17)15(2)11-13-5-3-4-6-13/h12-13H,3-11H2,1-2H3. The monoisotopic (exact) mass is 238 g/mol. The van der Waals surface area contributed by atoms with Gasteiger partial charge in [-0.1, -0.05) is 19.8 Å². The Morgan fingerprint density at radius 3 is 2.35 bits per heavy atom. The molecule has 1 aliphatic heterocycles. The lowest BCUT2D eigenvalue weighted by Crippen LogP contribution is -2.46. The maximum atomic E-state index is 12.2. The highest BCUT2D eigenvalue weighted by atomic mass is 16.2. The van der Waals surface area contributed by atoms with Crippen LogP contribution in [0.1, 0.15) is 45.4 Å². The highest BCUT2D eigenvalue weighted by Crippen LogP contribution is 2.25. The Hall–Kier alpha value is -0.730. The Bertz CT molecular complexity index is 253. The van der Waals surface area contributed by atoms with Gasteiger partial charge in [0.05, 0.1) is 0 Å². The van der Waals surface area contributed by atoms with E-state index in [0.29, 0.717) is 0 Å². The first-order chi connectivity index (χ1) is 8.16. The number of likely N-dealkylation sites (tertiary alicyclic amines) is 1. The lowest BCUT2D eigenvalue weighted by atomic mass is 9.99. The van der Waals surface area contributed by atoms with Crippen LogP contribution in [0.5, 0.6) is 0 Å². The van der Waals surface area contributed by atoms with E-state index >= 15 is 0 Å². The third kappa shape index (κ3) is 3.36. The van der Waals surface area contributed by atoms with Gasteiger partial charge in [-0.2, -0.15) is 0 Å². The molecule has 0 N–H and O–H groups in total. The van der Waals surface area contributed by atoms with Gasteiger partial charge in [0, 0.05) is 26.7 Å². The summed E-state index contributed by atoms with van der Waals surface area (Å²) in [6.45, 7) is 5.15. The molecule has 3 nitrogen and oxygen atoms in total. The SMILES string of the molecule is CC1CCN(C(=O)N(C)CC2CCCC2)CC1. The normalized spacial score (nSPS) is 23.1. The molecule has 3 heteroatoms. The summed E-state index contributed by atoms with van der Waals surface area (Å²) >= 11 is 0. The molecule has 1 saturated carbocycles. The molecule has 0 aromatic carbocycles. The lowest BCUT2D eigenvalue weighted by Gasteiger charge is -2.34. The van der Waals surface area contributed by atoms with Crippen LogP contribution >= 0.6 is 0 Å². The summed E-state index contributed by atoms with van der Waals surface area (Å²) in [6.07, 6.45) is 7.68. The minimum Gasteiger partial charge on any atom is -0.327 e. The maximum absolute atomic E-state index is 12.2.